The van der Waals surface area contributed by atoms with E-state index in [1.807, 2.05) is 36.4 Å². The van der Waals surface area contributed by atoms with Crippen LogP contribution in [0.3, 0.4) is 0 Å². The number of aliphatic carboxylic acids is 1. The second-order valence-corrected chi connectivity index (χ2v) is 5.60. The van der Waals surface area contributed by atoms with Gasteiger partial charge in [-0.05, 0) is 35.2 Å². The van der Waals surface area contributed by atoms with Crippen molar-refractivity contribution in [1.29, 1.82) is 0 Å². The van der Waals surface area contributed by atoms with Crippen LogP contribution in [0.5, 0.6) is 0 Å². The molecule has 1 amide bonds. The van der Waals surface area contributed by atoms with Crippen LogP contribution in [-0.2, 0) is 22.6 Å². The fraction of sp³-hybridized carbons (Fsp3) is 0.200. The fourth-order valence-corrected chi connectivity index (χ4v) is 2.25. The van der Waals surface area contributed by atoms with Crippen molar-refractivity contribution in [1.82, 2.24) is 5.32 Å². The lowest BCUT2D eigenvalue weighted by atomic mass is 10.1. The first-order valence-corrected chi connectivity index (χ1v) is 8.16. The van der Waals surface area contributed by atoms with E-state index in [-0.39, 0.29) is 18.6 Å². The summed E-state index contributed by atoms with van der Waals surface area (Å²) in [4.78, 5) is 22.3. The number of alkyl carbamates (subject to hydrolysis) is 1. The molecule has 2 N–H and O–H groups in total. The van der Waals surface area contributed by atoms with Gasteiger partial charge < -0.3 is 15.2 Å². The van der Waals surface area contributed by atoms with Crippen LogP contribution < -0.4 is 5.32 Å². The smallest absolute Gasteiger partial charge is 0.407 e. The zero-order valence-corrected chi connectivity index (χ0v) is 14.2. The molecule has 0 bridgehead atoms. The van der Waals surface area contributed by atoms with Gasteiger partial charge in [0.2, 0.25) is 0 Å². The molecule has 0 saturated carbocycles. The molecule has 5 nitrogen and oxygen atoms in total. The molecule has 2 aromatic carbocycles. The predicted molar refractivity (Wildman–Crippen MR) is 96.0 cm³/mol. The molecule has 0 radical (unpaired) electrons. The quantitative estimate of drug-likeness (QED) is 0.705. The molecule has 6 heteroatoms. The number of hydrogen-bond donors (Lipinski definition) is 2. The Morgan fingerprint density at radius 3 is 2.65 bits per heavy atom. The maximum absolute atomic E-state index is 13.5. The SMILES string of the molecule is O=C(O)Cc1cc(C=CCCNC(=O)OCc2ccccc2)ccc1F. The van der Waals surface area contributed by atoms with Crippen LogP contribution in [0.4, 0.5) is 9.18 Å². The Kier molecular flexibility index (Phi) is 7.36. The first kappa shape index (κ1) is 19.2. The fourth-order valence-electron chi connectivity index (χ4n) is 2.25. The number of carbonyl (C=O) groups excluding carboxylic acids is 1. The number of halogens is 1. The summed E-state index contributed by atoms with van der Waals surface area (Å²) < 4.78 is 18.6. The number of carboxylic acids is 1. The molecule has 2 rings (SSSR count). The third-order valence-electron chi connectivity index (χ3n) is 3.51. The van der Waals surface area contributed by atoms with Crippen molar-refractivity contribution >= 4 is 18.1 Å². The molecular weight excluding hydrogens is 337 g/mol. The molecule has 0 heterocycles. The largest absolute Gasteiger partial charge is 0.481 e. The van der Waals surface area contributed by atoms with E-state index in [0.29, 0.717) is 18.5 Å². The Balaban J connectivity index is 1.72. The van der Waals surface area contributed by atoms with Crippen molar-refractivity contribution in [3.8, 4) is 0 Å². The van der Waals surface area contributed by atoms with Gasteiger partial charge in [0.1, 0.15) is 12.4 Å². The summed E-state index contributed by atoms with van der Waals surface area (Å²) in [6.07, 6.45) is 3.28. The summed E-state index contributed by atoms with van der Waals surface area (Å²) >= 11 is 0. The average molecular weight is 357 g/mol. The lowest BCUT2D eigenvalue weighted by molar-refractivity contribution is -0.136. The van der Waals surface area contributed by atoms with Gasteiger partial charge in [-0.25, -0.2) is 9.18 Å². The minimum atomic E-state index is -1.08. The van der Waals surface area contributed by atoms with Crippen LogP contribution in [0.25, 0.3) is 6.08 Å². The molecule has 0 aromatic heterocycles. The Bertz CT molecular complexity index is 775. The summed E-state index contributed by atoms with van der Waals surface area (Å²) in [6.45, 7) is 0.609. The van der Waals surface area contributed by atoms with E-state index in [1.165, 1.54) is 12.1 Å². The van der Waals surface area contributed by atoms with Gasteiger partial charge in [0, 0.05) is 6.54 Å². The number of benzene rings is 2. The molecule has 26 heavy (non-hydrogen) atoms. The summed E-state index contributed by atoms with van der Waals surface area (Å²) in [5, 5.41) is 11.4. The van der Waals surface area contributed by atoms with Gasteiger partial charge >= 0.3 is 12.1 Å². The van der Waals surface area contributed by atoms with Gasteiger partial charge in [0.15, 0.2) is 0 Å². The zero-order chi connectivity index (χ0) is 18.8. The van der Waals surface area contributed by atoms with E-state index in [0.717, 1.165) is 5.56 Å². The van der Waals surface area contributed by atoms with E-state index in [9.17, 15) is 14.0 Å². The summed E-state index contributed by atoms with van der Waals surface area (Å²) in [7, 11) is 0. The van der Waals surface area contributed by atoms with E-state index >= 15 is 0 Å². The number of amides is 1. The van der Waals surface area contributed by atoms with Gasteiger partial charge in [0.05, 0.1) is 6.42 Å². The maximum atomic E-state index is 13.5. The second-order valence-electron chi connectivity index (χ2n) is 5.60. The Labute approximate surface area is 151 Å². The van der Waals surface area contributed by atoms with Gasteiger partial charge in [0.25, 0.3) is 0 Å². The molecule has 0 aliphatic heterocycles. The molecular formula is C20H20FNO4. The standard InChI is InChI=1S/C20H20FNO4/c21-18-10-9-15(12-17(18)13-19(23)24)6-4-5-11-22-20(25)26-14-16-7-2-1-3-8-16/h1-4,6-10,12H,5,11,13-14H2,(H,22,25)(H,23,24). The first-order chi connectivity index (χ1) is 12.5. The second kappa shape index (κ2) is 9.98. The summed E-state index contributed by atoms with van der Waals surface area (Å²) in [6, 6.07) is 13.7. The van der Waals surface area contributed by atoms with Crippen molar-refractivity contribution < 1.29 is 23.8 Å². The number of carboxylic acid groups (broad SMARTS) is 1. The summed E-state index contributed by atoms with van der Waals surface area (Å²) in [5.41, 5.74) is 1.76. The van der Waals surface area contributed by atoms with E-state index in [1.54, 1.807) is 12.1 Å². The van der Waals surface area contributed by atoms with Crippen LogP contribution in [0.1, 0.15) is 23.1 Å². The minimum absolute atomic E-state index is 0.141. The minimum Gasteiger partial charge on any atom is -0.481 e. The Hall–Kier alpha value is -3.15. The molecule has 0 unspecified atom stereocenters. The van der Waals surface area contributed by atoms with Crippen molar-refractivity contribution in [3.05, 3.63) is 77.1 Å². The van der Waals surface area contributed by atoms with Crippen LogP contribution in [0.15, 0.2) is 54.6 Å². The third kappa shape index (κ3) is 6.76. The molecule has 0 aliphatic carbocycles. The lowest BCUT2D eigenvalue weighted by Gasteiger charge is -2.06. The van der Waals surface area contributed by atoms with Crippen LogP contribution in [0, 0.1) is 5.82 Å². The molecule has 136 valence electrons. The van der Waals surface area contributed by atoms with Crippen LogP contribution >= 0.6 is 0 Å². The van der Waals surface area contributed by atoms with Gasteiger partial charge in [-0.3, -0.25) is 4.79 Å². The Morgan fingerprint density at radius 2 is 1.92 bits per heavy atom. The van der Waals surface area contributed by atoms with Crippen molar-refractivity contribution in [3.63, 3.8) is 0 Å². The number of rotatable bonds is 8. The molecule has 0 atom stereocenters. The highest BCUT2D eigenvalue weighted by Crippen LogP contribution is 2.13. The topological polar surface area (TPSA) is 75.6 Å². The van der Waals surface area contributed by atoms with E-state index in [2.05, 4.69) is 5.32 Å². The molecule has 0 saturated heterocycles. The average Bonchev–Trinajstić information content (AvgIpc) is 2.63. The monoisotopic (exact) mass is 357 g/mol. The molecule has 0 fully saturated rings. The van der Waals surface area contributed by atoms with Crippen LogP contribution in [-0.4, -0.2) is 23.7 Å². The number of ether oxygens (including phenoxy) is 1. The highest BCUT2D eigenvalue weighted by Gasteiger charge is 2.07. The number of carbonyl (C=O) groups is 2. The van der Waals surface area contributed by atoms with E-state index < -0.39 is 17.9 Å². The summed E-state index contributed by atoms with van der Waals surface area (Å²) in [5.74, 6) is -1.62. The van der Waals surface area contributed by atoms with Gasteiger partial charge in [-0.15, -0.1) is 0 Å². The zero-order valence-electron chi connectivity index (χ0n) is 14.2. The first-order valence-electron chi connectivity index (χ1n) is 8.16. The molecule has 2 aromatic rings. The third-order valence-corrected chi connectivity index (χ3v) is 3.51. The van der Waals surface area contributed by atoms with Crippen LogP contribution in [0.2, 0.25) is 0 Å². The normalized spacial score (nSPS) is 10.7. The van der Waals surface area contributed by atoms with Crippen molar-refractivity contribution in [2.45, 2.75) is 19.4 Å². The van der Waals surface area contributed by atoms with Gasteiger partial charge in [-0.1, -0.05) is 48.6 Å². The van der Waals surface area contributed by atoms with Gasteiger partial charge in [-0.2, -0.15) is 0 Å². The van der Waals surface area contributed by atoms with E-state index in [4.69, 9.17) is 9.84 Å². The number of nitrogens with one attached hydrogen (secondary N) is 1. The Morgan fingerprint density at radius 1 is 1.15 bits per heavy atom. The lowest BCUT2D eigenvalue weighted by Crippen LogP contribution is -2.24. The molecule has 0 aliphatic rings. The molecule has 0 spiro atoms. The van der Waals surface area contributed by atoms with Crippen molar-refractivity contribution in [2.24, 2.45) is 0 Å². The maximum Gasteiger partial charge on any atom is 0.407 e. The van der Waals surface area contributed by atoms with Crippen molar-refractivity contribution in [2.75, 3.05) is 6.54 Å². The highest BCUT2D eigenvalue weighted by molar-refractivity contribution is 5.70. The predicted octanol–water partition coefficient (Wildman–Crippen LogP) is 3.78. The number of hydrogen-bond acceptors (Lipinski definition) is 3. The highest BCUT2D eigenvalue weighted by atomic mass is 19.1.